The Hall–Kier alpha value is -2.58. The van der Waals surface area contributed by atoms with Gasteiger partial charge in [0.15, 0.2) is 0 Å². The molecule has 8 heteroatoms. The molecule has 32 heavy (non-hydrogen) atoms. The van der Waals surface area contributed by atoms with Gasteiger partial charge in [-0.05, 0) is 49.9 Å². The Balaban J connectivity index is 1.05. The van der Waals surface area contributed by atoms with Crippen LogP contribution in [0.2, 0.25) is 0 Å². The van der Waals surface area contributed by atoms with E-state index in [1.54, 1.807) is 21.8 Å². The third-order valence-corrected chi connectivity index (χ3v) is 7.84. The molecule has 2 aromatic heterocycles. The van der Waals surface area contributed by atoms with Gasteiger partial charge in [-0.15, -0.1) is 0 Å². The zero-order valence-electron chi connectivity index (χ0n) is 17.9. The number of aromatic nitrogens is 4. The second-order valence-electron chi connectivity index (χ2n) is 7.55. The maximum atomic E-state index is 12.4. The van der Waals surface area contributed by atoms with Gasteiger partial charge in [-0.25, -0.2) is 9.97 Å². The highest BCUT2D eigenvalue weighted by atomic mass is 33.1. The lowest BCUT2D eigenvalue weighted by Crippen LogP contribution is -2.09. The van der Waals surface area contributed by atoms with E-state index in [9.17, 15) is 9.59 Å². The SMILES string of the molecule is O=C(CCCCSSCCCCC(=O)n1cnc2ccccc21)n1cnc2ccccc21. The van der Waals surface area contributed by atoms with E-state index in [1.807, 2.05) is 70.1 Å². The van der Waals surface area contributed by atoms with Crippen LogP contribution < -0.4 is 0 Å². The van der Waals surface area contributed by atoms with E-state index in [0.717, 1.165) is 59.3 Å². The number of benzene rings is 2. The Kier molecular flexibility index (Phi) is 8.01. The van der Waals surface area contributed by atoms with Gasteiger partial charge in [0.05, 0.1) is 22.1 Å². The molecule has 0 aliphatic heterocycles. The number of para-hydroxylation sites is 4. The van der Waals surface area contributed by atoms with Gasteiger partial charge in [0.1, 0.15) is 12.7 Å². The summed E-state index contributed by atoms with van der Waals surface area (Å²) in [4.78, 5) is 33.4. The molecular weight excluding hydrogens is 440 g/mol. The predicted molar refractivity (Wildman–Crippen MR) is 133 cm³/mol. The van der Waals surface area contributed by atoms with E-state index in [0.29, 0.717) is 12.8 Å². The van der Waals surface area contributed by atoms with Crippen LogP contribution in [0, 0.1) is 0 Å². The summed E-state index contributed by atoms with van der Waals surface area (Å²) in [6.45, 7) is 0. The lowest BCUT2D eigenvalue weighted by atomic mass is 10.2. The molecule has 0 aliphatic rings. The standard InChI is InChI=1S/C24H26N4O2S2/c29-23(27-17-25-19-9-1-3-11-21(19)27)13-5-7-15-31-32-16-8-6-14-24(30)28-18-26-20-10-2-4-12-22(20)28/h1-4,9-12,17-18H,5-8,13-16H2. The topological polar surface area (TPSA) is 69.8 Å². The minimum Gasteiger partial charge on any atom is -0.274 e. The minimum atomic E-state index is 0.103. The number of hydrogen-bond donors (Lipinski definition) is 0. The number of nitrogens with zero attached hydrogens (tertiary/aromatic N) is 4. The van der Waals surface area contributed by atoms with Crippen LogP contribution >= 0.6 is 21.6 Å². The molecule has 2 aromatic carbocycles. The Bertz CT molecular complexity index is 1110. The van der Waals surface area contributed by atoms with Gasteiger partial charge in [-0.2, -0.15) is 0 Å². The van der Waals surface area contributed by atoms with Gasteiger partial charge in [0.25, 0.3) is 0 Å². The van der Waals surface area contributed by atoms with Gasteiger partial charge in [0, 0.05) is 24.3 Å². The van der Waals surface area contributed by atoms with Crippen LogP contribution in [0.4, 0.5) is 0 Å². The summed E-state index contributed by atoms with van der Waals surface area (Å²) < 4.78 is 3.32. The maximum Gasteiger partial charge on any atom is 0.232 e. The van der Waals surface area contributed by atoms with Crippen molar-refractivity contribution in [2.45, 2.75) is 38.5 Å². The van der Waals surface area contributed by atoms with Crippen molar-refractivity contribution in [2.24, 2.45) is 0 Å². The summed E-state index contributed by atoms with van der Waals surface area (Å²) in [5, 5.41) is 0. The third kappa shape index (κ3) is 5.61. The Morgan fingerprint density at radius 3 is 1.56 bits per heavy atom. The first-order valence-electron chi connectivity index (χ1n) is 10.9. The van der Waals surface area contributed by atoms with Crippen LogP contribution in [0.3, 0.4) is 0 Å². The molecule has 0 aliphatic carbocycles. The summed E-state index contributed by atoms with van der Waals surface area (Å²) in [5.74, 6) is 2.27. The summed E-state index contributed by atoms with van der Waals surface area (Å²) in [5.41, 5.74) is 3.46. The zero-order chi connectivity index (χ0) is 22.2. The number of carbonyl (C=O) groups is 2. The smallest absolute Gasteiger partial charge is 0.232 e. The number of rotatable bonds is 11. The second kappa shape index (κ2) is 11.3. The van der Waals surface area contributed by atoms with Crippen molar-refractivity contribution in [1.82, 2.24) is 19.1 Å². The van der Waals surface area contributed by atoms with Crippen molar-refractivity contribution in [3.63, 3.8) is 0 Å². The monoisotopic (exact) mass is 466 g/mol. The normalized spacial score (nSPS) is 11.4. The molecule has 0 radical (unpaired) electrons. The van der Waals surface area contributed by atoms with Gasteiger partial charge < -0.3 is 0 Å². The summed E-state index contributed by atoms with van der Waals surface area (Å²) in [6, 6.07) is 15.4. The largest absolute Gasteiger partial charge is 0.274 e. The summed E-state index contributed by atoms with van der Waals surface area (Å²) in [7, 11) is 3.70. The second-order valence-corrected chi connectivity index (χ2v) is 10.3. The van der Waals surface area contributed by atoms with Crippen molar-refractivity contribution in [3.05, 3.63) is 61.2 Å². The van der Waals surface area contributed by atoms with Gasteiger partial charge in [0.2, 0.25) is 11.8 Å². The molecule has 4 rings (SSSR count). The van der Waals surface area contributed by atoms with E-state index in [-0.39, 0.29) is 11.8 Å². The Morgan fingerprint density at radius 2 is 1.09 bits per heavy atom. The highest BCUT2D eigenvalue weighted by Crippen LogP contribution is 2.24. The highest BCUT2D eigenvalue weighted by Gasteiger charge is 2.10. The molecule has 0 saturated heterocycles. The summed E-state index contributed by atoms with van der Waals surface area (Å²) in [6.07, 6.45) is 8.12. The molecule has 0 saturated carbocycles. The van der Waals surface area contributed by atoms with Gasteiger partial charge in [-0.3, -0.25) is 18.7 Å². The van der Waals surface area contributed by atoms with Crippen LogP contribution in [-0.4, -0.2) is 42.4 Å². The molecule has 4 aromatic rings. The van der Waals surface area contributed by atoms with Gasteiger partial charge in [-0.1, -0.05) is 45.9 Å². The first-order valence-corrected chi connectivity index (χ1v) is 13.4. The van der Waals surface area contributed by atoms with Crippen molar-refractivity contribution < 1.29 is 9.59 Å². The molecule has 2 heterocycles. The number of imidazole rings is 2. The van der Waals surface area contributed by atoms with Crippen LogP contribution in [0.1, 0.15) is 48.1 Å². The number of hydrogen-bond acceptors (Lipinski definition) is 6. The quantitative estimate of drug-likeness (QED) is 0.197. The molecule has 0 spiro atoms. The molecule has 0 unspecified atom stereocenters. The van der Waals surface area contributed by atoms with Crippen LogP contribution in [0.25, 0.3) is 22.1 Å². The molecule has 0 amide bonds. The maximum absolute atomic E-state index is 12.4. The Morgan fingerprint density at radius 1 is 0.656 bits per heavy atom. The van der Waals surface area contributed by atoms with Crippen LogP contribution in [0.15, 0.2) is 61.2 Å². The molecular formula is C24H26N4O2S2. The average Bonchev–Trinajstić information content (AvgIpc) is 3.44. The Labute approximate surface area is 195 Å². The number of carbonyl (C=O) groups excluding carboxylic acids is 2. The van der Waals surface area contributed by atoms with E-state index >= 15 is 0 Å². The molecule has 6 nitrogen and oxygen atoms in total. The highest BCUT2D eigenvalue weighted by molar-refractivity contribution is 8.76. The van der Waals surface area contributed by atoms with Crippen LogP contribution in [-0.2, 0) is 0 Å². The van der Waals surface area contributed by atoms with Crippen LogP contribution in [0.5, 0.6) is 0 Å². The molecule has 0 atom stereocenters. The van der Waals surface area contributed by atoms with E-state index in [1.165, 1.54) is 0 Å². The number of fused-ring (bicyclic) bond motifs is 2. The zero-order valence-corrected chi connectivity index (χ0v) is 19.5. The van der Waals surface area contributed by atoms with E-state index in [2.05, 4.69) is 9.97 Å². The van der Waals surface area contributed by atoms with Gasteiger partial charge >= 0.3 is 0 Å². The molecule has 0 fully saturated rings. The lowest BCUT2D eigenvalue weighted by molar-refractivity contribution is 0.0896. The number of unbranched alkanes of at least 4 members (excludes halogenated alkanes) is 2. The summed E-state index contributed by atoms with van der Waals surface area (Å²) >= 11 is 0. The fraction of sp³-hybridized carbons (Fsp3) is 0.333. The third-order valence-electron chi connectivity index (χ3n) is 5.26. The fourth-order valence-electron chi connectivity index (χ4n) is 3.55. The fourth-order valence-corrected chi connectivity index (χ4v) is 5.84. The van der Waals surface area contributed by atoms with Crippen molar-refractivity contribution in [1.29, 1.82) is 0 Å². The van der Waals surface area contributed by atoms with E-state index < -0.39 is 0 Å². The average molecular weight is 467 g/mol. The van der Waals surface area contributed by atoms with Crippen molar-refractivity contribution in [2.75, 3.05) is 11.5 Å². The minimum absolute atomic E-state index is 0.103. The first-order chi connectivity index (χ1) is 15.7. The predicted octanol–water partition coefficient (Wildman–Crippen LogP) is 6.09. The van der Waals surface area contributed by atoms with Crippen molar-refractivity contribution >= 4 is 55.5 Å². The molecule has 0 bridgehead atoms. The van der Waals surface area contributed by atoms with E-state index in [4.69, 9.17) is 0 Å². The first kappa shape index (κ1) is 22.6. The molecule has 0 N–H and O–H groups in total. The molecule has 166 valence electrons. The lowest BCUT2D eigenvalue weighted by Gasteiger charge is -2.04. The van der Waals surface area contributed by atoms with Crippen molar-refractivity contribution in [3.8, 4) is 0 Å².